The number of ether oxygens (including phenoxy) is 3. The number of carboxylic acids is 1. The van der Waals surface area contributed by atoms with Crippen molar-refractivity contribution in [1.82, 2.24) is 9.55 Å². The third kappa shape index (κ3) is 5.42. The maximum absolute atomic E-state index is 13.2. The lowest BCUT2D eigenvalue weighted by atomic mass is 9.62. The third-order valence-electron chi connectivity index (χ3n) is 8.37. The fraction of sp³-hybridized carbons (Fsp3) is 0.533. The first-order valence-electron chi connectivity index (χ1n) is 13.4. The predicted octanol–water partition coefficient (Wildman–Crippen LogP) is 3.44. The lowest BCUT2D eigenvalue weighted by molar-refractivity contribution is -0.193. The van der Waals surface area contributed by atoms with Crippen LogP contribution in [0.3, 0.4) is 0 Å². The number of aliphatic carboxylic acids is 1. The molecule has 0 spiro atoms. The van der Waals surface area contributed by atoms with Gasteiger partial charge in [-0.1, -0.05) is 31.6 Å². The van der Waals surface area contributed by atoms with Gasteiger partial charge in [0.25, 0.3) is 0 Å². The average Bonchev–Trinajstić information content (AvgIpc) is 3.43. The summed E-state index contributed by atoms with van der Waals surface area (Å²) >= 11 is 0. The highest BCUT2D eigenvalue weighted by Gasteiger charge is 2.54. The number of esters is 2. The van der Waals surface area contributed by atoms with E-state index in [2.05, 4.69) is 4.98 Å². The Morgan fingerprint density at radius 2 is 1.95 bits per heavy atom. The Hall–Kier alpha value is -3.50. The highest BCUT2D eigenvalue weighted by Crippen LogP contribution is 2.53. The van der Waals surface area contributed by atoms with Gasteiger partial charge in [0.1, 0.15) is 6.10 Å². The molecule has 1 aliphatic carbocycles. The zero-order valence-electron chi connectivity index (χ0n) is 24.0. The van der Waals surface area contributed by atoms with Gasteiger partial charge in [-0.15, -0.1) is 0 Å². The summed E-state index contributed by atoms with van der Waals surface area (Å²) in [6, 6.07) is 0. The molecular weight excluding hydrogens is 516 g/mol. The molecule has 216 valence electrons. The summed E-state index contributed by atoms with van der Waals surface area (Å²) in [5, 5.41) is 21.7. The van der Waals surface area contributed by atoms with Crippen LogP contribution in [0.2, 0.25) is 0 Å². The molecule has 0 unspecified atom stereocenters. The second-order valence-electron chi connectivity index (χ2n) is 11.5. The smallest absolute Gasteiger partial charge is 0.339 e. The number of nitrogens with zero attached hydrogens (tertiary/aromatic N) is 2. The number of carboxylic acid groups (broad SMARTS) is 1. The summed E-state index contributed by atoms with van der Waals surface area (Å²) in [5.41, 5.74) is 0.535. The van der Waals surface area contributed by atoms with E-state index in [1.54, 1.807) is 43.2 Å². The van der Waals surface area contributed by atoms with Crippen LogP contribution in [-0.4, -0.2) is 62.3 Å². The van der Waals surface area contributed by atoms with Crippen LogP contribution in [0.25, 0.3) is 5.57 Å². The Morgan fingerprint density at radius 3 is 2.50 bits per heavy atom. The van der Waals surface area contributed by atoms with E-state index in [-0.39, 0.29) is 29.2 Å². The minimum atomic E-state index is -2.12. The molecule has 4 rings (SSSR count). The number of aliphatic hydroxyl groups is 1. The normalized spacial score (nSPS) is 35.0. The second-order valence-corrected chi connectivity index (χ2v) is 11.5. The summed E-state index contributed by atoms with van der Waals surface area (Å²) in [4.78, 5) is 41.8. The molecule has 3 heterocycles. The van der Waals surface area contributed by atoms with Gasteiger partial charge in [0, 0.05) is 38.1 Å². The Labute approximate surface area is 234 Å². The number of aromatic nitrogens is 2. The molecule has 0 saturated heterocycles. The van der Waals surface area contributed by atoms with Gasteiger partial charge in [0.05, 0.1) is 30.3 Å². The molecule has 1 aromatic heterocycles. The van der Waals surface area contributed by atoms with Crippen LogP contribution in [0.1, 0.15) is 46.7 Å². The Morgan fingerprint density at radius 1 is 1.25 bits per heavy atom. The molecule has 10 nitrogen and oxygen atoms in total. The van der Waals surface area contributed by atoms with E-state index in [1.807, 2.05) is 26.8 Å². The molecule has 0 radical (unpaired) electrons. The molecule has 0 fully saturated rings. The van der Waals surface area contributed by atoms with Crippen LogP contribution in [0.5, 0.6) is 0 Å². The molecule has 0 aromatic carbocycles. The van der Waals surface area contributed by atoms with Gasteiger partial charge >= 0.3 is 17.9 Å². The quantitative estimate of drug-likeness (QED) is 0.308. The Balaban J connectivity index is 1.99. The van der Waals surface area contributed by atoms with Crippen LogP contribution in [-0.2, 0) is 35.6 Å². The zero-order valence-corrected chi connectivity index (χ0v) is 24.0. The molecule has 10 heteroatoms. The molecular formula is C30H38N2O8. The monoisotopic (exact) mass is 554 g/mol. The number of methoxy groups -OCH3 is 1. The summed E-state index contributed by atoms with van der Waals surface area (Å²) in [6.45, 7) is 9.11. The molecule has 1 aromatic rings. The van der Waals surface area contributed by atoms with Gasteiger partial charge in [-0.3, -0.25) is 4.79 Å². The van der Waals surface area contributed by atoms with Crippen molar-refractivity contribution in [1.29, 1.82) is 0 Å². The van der Waals surface area contributed by atoms with E-state index in [9.17, 15) is 24.6 Å². The summed E-state index contributed by atoms with van der Waals surface area (Å²) < 4.78 is 18.9. The minimum absolute atomic E-state index is 0.0132. The van der Waals surface area contributed by atoms with Crippen molar-refractivity contribution in [3.8, 4) is 0 Å². The lowest BCUT2D eigenvalue weighted by Crippen LogP contribution is -2.44. The molecule has 40 heavy (non-hydrogen) atoms. The van der Waals surface area contributed by atoms with Gasteiger partial charge in [0.2, 0.25) is 5.79 Å². The van der Waals surface area contributed by atoms with E-state index in [4.69, 9.17) is 14.2 Å². The van der Waals surface area contributed by atoms with Crippen LogP contribution in [0.15, 0.2) is 54.1 Å². The highest BCUT2D eigenvalue weighted by atomic mass is 16.6. The third-order valence-corrected chi connectivity index (χ3v) is 8.37. The second kappa shape index (κ2) is 10.8. The van der Waals surface area contributed by atoms with Crippen LogP contribution in [0, 0.1) is 29.6 Å². The molecule has 2 aliphatic heterocycles. The van der Waals surface area contributed by atoms with Crippen molar-refractivity contribution in [2.45, 2.75) is 58.5 Å². The number of carbonyl (C=O) groups is 3. The maximum atomic E-state index is 13.2. The van der Waals surface area contributed by atoms with E-state index in [1.165, 1.54) is 20.1 Å². The van der Waals surface area contributed by atoms with Crippen molar-refractivity contribution in [2.75, 3.05) is 7.11 Å². The van der Waals surface area contributed by atoms with E-state index in [0.29, 0.717) is 17.7 Å². The SMILES string of the molecule is COC(=O)/C1=C/[C@@H]2[C@H](C(C)C)[C@@H](OC(C)=O)C=C(C)[C@H]2C[C@H](/C(=C\C(=O)O)c2cn(C)cn2)[C@@]2(C)C=C[C@]1(O)O2. The van der Waals surface area contributed by atoms with Crippen molar-refractivity contribution in [2.24, 2.45) is 36.6 Å². The molecule has 2 bridgehead atoms. The first-order chi connectivity index (χ1) is 18.7. The van der Waals surface area contributed by atoms with E-state index in [0.717, 1.165) is 11.6 Å². The number of hydrogen-bond donors (Lipinski definition) is 2. The number of fused-ring (bicyclic) bond motifs is 3. The number of aryl methyl sites for hydroxylation is 1. The van der Waals surface area contributed by atoms with Gasteiger partial charge in [-0.25, -0.2) is 14.6 Å². The number of hydrogen-bond acceptors (Lipinski definition) is 8. The topological polar surface area (TPSA) is 137 Å². The van der Waals surface area contributed by atoms with Gasteiger partial charge in [-0.05, 0) is 55.7 Å². The van der Waals surface area contributed by atoms with Gasteiger partial charge in [-0.2, -0.15) is 0 Å². The number of rotatable bonds is 6. The summed E-state index contributed by atoms with van der Waals surface area (Å²) in [6.07, 6.45) is 11.1. The van der Waals surface area contributed by atoms with Crippen molar-refractivity contribution in [3.05, 3.63) is 59.7 Å². The minimum Gasteiger partial charge on any atom is -0.478 e. The van der Waals surface area contributed by atoms with Gasteiger partial charge in [0.15, 0.2) is 0 Å². The standard InChI is InChI=1S/C30H38N2O8/c1-16(2)27-20-12-23(28(36)38-7)30(37)9-8-29(5,40-30)22(11-19(20)17(3)10-25(27)39-18(4)33)21(13-26(34)35)24-14-32(6)15-31-24/h8-10,12-16,19-20,22,25,27,37H,11H2,1-7H3,(H,34,35)/b21-13+,23-12-/t19-,20+,22-,25+,27+,29-,30+/m1/s1. The van der Waals surface area contributed by atoms with Gasteiger partial charge < -0.3 is 29.0 Å². The van der Waals surface area contributed by atoms with Crippen molar-refractivity contribution >= 4 is 23.5 Å². The first kappa shape index (κ1) is 29.5. The molecule has 3 aliphatic rings. The lowest BCUT2D eigenvalue weighted by Gasteiger charge is -2.44. The van der Waals surface area contributed by atoms with Crippen molar-refractivity contribution in [3.63, 3.8) is 0 Å². The molecule has 7 atom stereocenters. The van der Waals surface area contributed by atoms with E-state index < -0.39 is 41.3 Å². The molecule has 0 amide bonds. The highest BCUT2D eigenvalue weighted by molar-refractivity contribution is 5.92. The number of allylic oxidation sites excluding steroid dienone is 2. The van der Waals surface area contributed by atoms with Crippen molar-refractivity contribution < 1.29 is 38.8 Å². The Bertz CT molecular complexity index is 1320. The number of carbonyl (C=O) groups excluding carboxylic acids is 2. The maximum Gasteiger partial charge on any atom is 0.339 e. The average molecular weight is 555 g/mol. The molecule has 2 N–H and O–H groups in total. The Kier molecular flexibility index (Phi) is 7.97. The fourth-order valence-electron chi connectivity index (χ4n) is 6.60. The van der Waals surface area contributed by atoms with Crippen LogP contribution >= 0.6 is 0 Å². The number of imidazole rings is 1. The van der Waals surface area contributed by atoms with Crippen LogP contribution in [0.4, 0.5) is 0 Å². The summed E-state index contributed by atoms with van der Waals surface area (Å²) in [5.74, 6) is -5.88. The predicted molar refractivity (Wildman–Crippen MR) is 145 cm³/mol. The first-order valence-corrected chi connectivity index (χ1v) is 13.4. The summed E-state index contributed by atoms with van der Waals surface area (Å²) in [7, 11) is 3.03. The molecule has 0 saturated carbocycles. The van der Waals surface area contributed by atoms with E-state index >= 15 is 0 Å². The van der Waals surface area contributed by atoms with Crippen LogP contribution < -0.4 is 0 Å². The fourth-order valence-corrected chi connectivity index (χ4v) is 6.60. The zero-order chi connectivity index (χ0) is 29.6. The largest absolute Gasteiger partial charge is 0.478 e.